The molecule has 0 unspecified atom stereocenters. The summed E-state index contributed by atoms with van der Waals surface area (Å²) in [6, 6.07) is 12.7. The molecule has 34 heavy (non-hydrogen) atoms. The first-order chi connectivity index (χ1) is 15.8. The highest BCUT2D eigenvalue weighted by Crippen LogP contribution is 2.29. The third-order valence-corrected chi connectivity index (χ3v) is 5.68. The van der Waals surface area contributed by atoms with Gasteiger partial charge in [0.1, 0.15) is 12.1 Å². The molecule has 3 rings (SSSR count). The fourth-order valence-electron chi connectivity index (χ4n) is 3.08. The fraction of sp³-hybridized carbons (Fsp3) is 0.375. The molecular formula is C24H26F3N3O3S. The Kier molecular flexibility index (Phi) is 7.60. The number of ether oxygens (including phenoxy) is 1. The number of rotatable bonds is 5. The Balaban J connectivity index is 1.76. The lowest BCUT2D eigenvalue weighted by atomic mass is 10.1. The number of amidine groups is 1. The highest BCUT2D eigenvalue weighted by molar-refractivity contribution is 8.14. The molecule has 2 aromatic carbocycles. The van der Waals surface area contributed by atoms with Gasteiger partial charge in [-0.15, -0.1) is 0 Å². The molecule has 0 N–H and O–H groups in total. The molecule has 0 radical (unpaired) electrons. The van der Waals surface area contributed by atoms with Gasteiger partial charge in [0, 0.05) is 5.69 Å². The molecule has 6 nitrogen and oxygen atoms in total. The van der Waals surface area contributed by atoms with E-state index in [-0.39, 0.29) is 17.6 Å². The summed E-state index contributed by atoms with van der Waals surface area (Å²) in [4.78, 5) is 31.3. The molecule has 182 valence electrons. The summed E-state index contributed by atoms with van der Waals surface area (Å²) >= 11 is 1.06. The van der Waals surface area contributed by atoms with Gasteiger partial charge < -0.3 is 4.74 Å². The van der Waals surface area contributed by atoms with Crippen LogP contribution in [0.15, 0.2) is 53.5 Å². The quantitative estimate of drug-likeness (QED) is 0.479. The number of hydrogen-bond donors (Lipinski definition) is 0. The van der Waals surface area contributed by atoms with Crippen molar-refractivity contribution in [2.45, 2.75) is 46.0 Å². The number of thioether (sulfide) groups is 1. The molecule has 0 aliphatic carbocycles. The van der Waals surface area contributed by atoms with E-state index >= 15 is 0 Å². The number of anilines is 1. The van der Waals surface area contributed by atoms with E-state index in [1.54, 1.807) is 69.3 Å². The molecule has 0 spiro atoms. The Hall–Kier alpha value is -3.01. The number of alkyl halides is 3. The SMILES string of the molecule is Cc1ccc(N2CS/C(=N\Cc3ccc(C(=O)OC(C)(C)C)cc3)N(CC(F)(F)F)C2=O)cc1. The summed E-state index contributed by atoms with van der Waals surface area (Å²) in [6.45, 7) is 5.82. The Morgan fingerprint density at radius 3 is 2.24 bits per heavy atom. The first-order valence-corrected chi connectivity index (χ1v) is 11.5. The van der Waals surface area contributed by atoms with Crippen molar-refractivity contribution < 1.29 is 27.5 Å². The number of carbonyl (C=O) groups is 2. The topological polar surface area (TPSA) is 62.2 Å². The van der Waals surface area contributed by atoms with Gasteiger partial charge in [-0.2, -0.15) is 13.2 Å². The van der Waals surface area contributed by atoms with Crippen LogP contribution in [0.1, 0.15) is 42.3 Å². The van der Waals surface area contributed by atoms with Crippen LogP contribution in [0, 0.1) is 6.92 Å². The maximum absolute atomic E-state index is 13.2. The zero-order valence-corrected chi connectivity index (χ0v) is 20.2. The summed E-state index contributed by atoms with van der Waals surface area (Å²) in [6.07, 6.45) is -4.58. The molecule has 1 aliphatic heterocycles. The standard InChI is InChI=1S/C24H26F3N3O3S/c1-16-5-11-19(12-6-16)30-15-34-21(29(22(30)32)14-24(25,26)27)28-13-17-7-9-18(10-8-17)20(31)33-23(2,3)4/h5-12H,13-15H2,1-4H3/b28-21-. The molecule has 0 saturated carbocycles. The summed E-state index contributed by atoms with van der Waals surface area (Å²) in [7, 11) is 0. The lowest BCUT2D eigenvalue weighted by Gasteiger charge is -2.36. The van der Waals surface area contributed by atoms with Gasteiger partial charge in [0.2, 0.25) is 0 Å². The molecule has 0 aromatic heterocycles. The molecular weight excluding hydrogens is 467 g/mol. The zero-order valence-electron chi connectivity index (χ0n) is 19.3. The third kappa shape index (κ3) is 6.99. The highest BCUT2D eigenvalue weighted by Gasteiger charge is 2.40. The Bertz CT molecular complexity index is 1060. The third-order valence-electron chi connectivity index (χ3n) is 4.68. The molecule has 0 atom stereocenters. The van der Waals surface area contributed by atoms with Crippen LogP contribution in [0.25, 0.3) is 0 Å². The van der Waals surface area contributed by atoms with E-state index in [0.29, 0.717) is 21.7 Å². The monoisotopic (exact) mass is 493 g/mol. The number of halogens is 3. The smallest absolute Gasteiger partial charge is 0.406 e. The maximum atomic E-state index is 13.2. The first-order valence-electron chi connectivity index (χ1n) is 10.5. The van der Waals surface area contributed by atoms with Crippen LogP contribution in [-0.2, 0) is 11.3 Å². The van der Waals surface area contributed by atoms with Gasteiger partial charge in [-0.05, 0) is 57.5 Å². The van der Waals surface area contributed by atoms with E-state index in [0.717, 1.165) is 17.3 Å². The van der Waals surface area contributed by atoms with Crippen LogP contribution in [0.2, 0.25) is 0 Å². The summed E-state index contributed by atoms with van der Waals surface area (Å²) in [5.74, 6) is -0.321. The lowest BCUT2D eigenvalue weighted by molar-refractivity contribution is -0.133. The van der Waals surface area contributed by atoms with E-state index in [4.69, 9.17) is 4.74 Å². The fourth-order valence-corrected chi connectivity index (χ4v) is 4.04. The molecule has 10 heteroatoms. The summed E-state index contributed by atoms with van der Waals surface area (Å²) < 4.78 is 45.1. The van der Waals surface area contributed by atoms with Crippen molar-refractivity contribution in [3.05, 3.63) is 65.2 Å². The van der Waals surface area contributed by atoms with Crippen molar-refractivity contribution in [3.63, 3.8) is 0 Å². The van der Waals surface area contributed by atoms with E-state index in [1.807, 2.05) is 6.92 Å². The average molecular weight is 494 g/mol. The number of amides is 2. The van der Waals surface area contributed by atoms with Crippen LogP contribution >= 0.6 is 11.8 Å². The zero-order chi connectivity index (χ0) is 25.1. The van der Waals surface area contributed by atoms with Crippen LogP contribution in [-0.4, -0.2) is 46.3 Å². The largest absolute Gasteiger partial charge is 0.456 e. The predicted molar refractivity (Wildman–Crippen MR) is 127 cm³/mol. The van der Waals surface area contributed by atoms with E-state index in [9.17, 15) is 22.8 Å². The average Bonchev–Trinajstić information content (AvgIpc) is 2.73. The number of aliphatic imine (C=N–C) groups is 1. The minimum Gasteiger partial charge on any atom is -0.456 e. The highest BCUT2D eigenvalue weighted by atomic mass is 32.2. The normalized spacial score (nSPS) is 16.2. The van der Waals surface area contributed by atoms with Crippen molar-refractivity contribution in [2.75, 3.05) is 17.3 Å². The molecule has 1 saturated heterocycles. The number of benzene rings is 2. The number of urea groups is 1. The van der Waals surface area contributed by atoms with Crippen molar-refractivity contribution in [3.8, 4) is 0 Å². The van der Waals surface area contributed by atoms with Gasteiger partial charge in [-0.1, -0.05) is 41.6 Å². The minimum absolute atomic E-state index is 0.00176. The maximum Gasteiger partial charge on any atom is 0.406 e. The van der Waals surface area contributed by atoms with Crippen LogP contribution in [0.4, 0.5) is 23.7 Å². The minimum atomic E-state index is -4.58. The van der Waals surface area contributed by atoms with Gasteiger partial charge in [0.05, 0.1) is 18.0 Å². The number of carbonyl (C=O) groups excluding carboxylic acids is 2. The Labute approximate surface area is 200 Å². The van der Waals surface area contributed by atoms with Crippen molar-refractivity contribution in [1.29, 1.82) is 0 Å². The number of hydrogen-bond acceptors (Lipinski definition) is 5. The Morgan fingerprint density at radius 2 is 1.68 bits per heavy atom. The van der Waals surface area contributed by atoms with Gasteiger partial charge in [0.25, 0.3) is 0 Å². The molecule has 2 aromatic rings. The van der Waals surface area contributed by atoms with Gasteiger partial charge in [-0.25, -0.2) is 9.59 Å². The number of esters is 1. The number of aryl methyl sites for hydroxylation is 1. The number of nitrogens with zero attached hydrogens (tertiary/aromatic N) is 3. The van der Waals surface area contributed by atoms with Gasteiger partial charge in [-0.3, -0.25) is 14.8 Å². The van der Waals surface area contributed by atoms with E-state index in [2.05, 4.69) is 4.99 Å². The van der Waals surface area contributed by atoms with Crippen LogP contribution in [0.5, 0.6) is 0 Å². The first kappa shape index (κ1) is 25.6. The summed E-state index contributed by atoms with van der Waals surface area (Å²) in [5.41, 5.74) is 1.92. The molecule has 0 bridgehead atoms. The second-order valence-corrected chi connectivity index (χ2v) is 9.73. The van der Waals surface area contributed by atoms with E-state index < -0.39 is 30.3 Å². The Morgan fingerprint density at radius 1 is 1.06 bits per heavy atom. The van der Waals surface area contributed by atoms with Crippen molar-refractivity contribution >= 4 is 34.6 Å². The van der Waals surface area contributed by atoms with Crippen LogP contribution < -0.4 is 4.90 Å². The second kappa shape index (κ2) is 10.1. The summed E-state index contributed by atoms with van der Waals surface area (Å²) in [5, 5.41) is 0.00176. The second-order valence-electron chi connectivity index (χ2n) is 8.82. The van der Waals surface area contributed by atoms with Crippen molar-refractivity contribution in [2.24, 2.45) is 4.99 Å². The van der Waals surface area contributed by atoms with Gasteiger partial charge >= 0.3 is 18.2 Å². The molecule has 2 amide bonds. The molecule has 1 fully saturated rings. The van der Waals surface area contributed by atoms with E-state index in [1.165, 1.54) is 4.90 Å². The lowest BCUT2D eigenvalue weighted by Crippen LogP contribution is -2.53. The van der Waals surface area contributed by atoms with Gasteiger partial charge in [0.15, 0.2) is 5.17 Å². The predicted octanol–water partition coefficient (Wildman–Crippen LogP) is 6.00. The molecule has 1 heterocycles. The molecule has 1 aliphatic rings. The van der Waals surface area contributed by atoms with Crippen LogP contribution in [0.3, 0.4) is 0 Å². The van der Waals surface area contributed by atoms with Crippen molar-refractivity contribution in [1.82, 2.24) is 4.90 Å².